The van der Waals surface area contributed by atoms with Crippen molar-refractivity contribution in [3.63, 3.8) is 0 Å². The first-order chi connectivity index (χ1) is 12.7. The van der Waals surface area contributed by atoms with Crippen molar-refractivity contribution in [3.05, 3.63) is 53.6 Å². The van der Waals surface area contributed by atoms with Gasteiger partial charge in [-0.25, -0.2) is 5.43 Å². The Balaban J connectivity index is 1.60. The first-order valence-electron chi connectivity index (χ1n) is 8.57. The Labute approximate surface area is 153 Å². The fraction of sp³-hybridized carbons (Fsp3) is 0.300. The van der Waals surface area contributed by atoms with Crippen molar-refractivity contribution < 1.29 is 14.3 Å². The molecule has 6 heteroatoms. The number of para-hydroxylation sites is 1. The first kappa shape index (κ1) is 17.8. The number of nitrogens with one attached hydrogen (secondary N) is 1. The summed E-state index contributed by atoms with van der Waals surface area (Å²) in [6.07, 6.45) is 3.69. The van der Waals surface area contributed by atoms with E-state index >= 15 is 0 Å². The average molecular weight is 353 g/mol. The Morgan fingerprint density at radius 1 is 1.19 bits per heavy atom. The maximum Gasteiger partial charge on any atom is 0.259 e. The molecular formula is C20H23N3O3. The normalized spacial score (nSPS) is 13.4. The van der Waals surface area contributed by atoms with Crippen molar-refractivity contribution in [1.82, 2.24) is 5.43 Å². The van der Waals surface area contributed by atoms with Gasteiger partial charge in [0.25, 0.3) is 5.91 Å². The smallest absolute Gasteiger partial charge is 0.259 e. The fourth-order valence-corrected chi connectivity index (χ4v) is 3.07. The molecule has 1 aliphatic heterocycles. The van der Waals surface area contributed by atoms with Crippen LogP contribution in [0.15, 0.2) is 47.6 Å². The van der Waals surface area contributed by atoms with Crippen LogP contribution in [0.25, 0.3) is 0 Å². The maximum absolute atomic E-state index is 12.2. The van der Waals surface area contributed by atoms with E-state index in [1.807, 2.05) is 24.3 Å². The summed E-state index contributed by atoms with van der Waals surface area (Å²) < 4.78 is 10.4. The number of ether oxygens (including phenoxy) is 2. The van der Waals surface area contributed by atoms with E-state index in [1.165, 1.54) is 5.56 Å². The lowest BCUT2D eigenvalue weighted by atomic mass is 10.0. The Morgan fingerprint density at radius 2 is 1.92 bits per heavy atom. The third kappa shape index (κ3) is 4.33. The summed E-state index contributed by atoms with van der Waals surface area (Å²) in [5.74, 6) is 1.19. The molecule has 3 rings (SSSR count). The zero-order valence-electron chi connectivity index (χ0n) is 15.1. The topological polar surface area (TPSA) is 63.2 Å². The molecule has 0 aliphatic carbocycles. The molecule has 1 aliphatic rings. The van der Waals surface area contributed by atoms with Crippen LogP contribution in [-0.2, 0) is 11.2 Å². The van der Waals surface area contributed by atoms with Crippen LogP contribution in [-0.4, -0.2) is 39.4 Å². The van der Waals surface area contributed by atoms with Crippen LogP contribution in [0.5, 0.6) is 11.5 Å². The minimum absolute atomic E-state index is 0.146. The molecule has 1 heterocycles. The number of methoxy groups -OCH3 is 2. The summed E-state index contributed by atoms with van der Waals surface area (Å²) in [5, 5.41) is 4.05. The Morgan fingerprint density at radius 3 is 2.65 bits per heavy atom. The van der Waals surface area contributed by atoms with Gasteiger partial charge in [-0.05, 0) is 36.6 Å². The molecule has 0 bridgehead atoms. The van der Waals surface area contributed by atoms with Crippen molar-refractivity contribution in [3.8, 4) is 11.5 Å². The highest BCUT2D eigenvalue weighted by molar-refractivity contribution is 5.85. The number of aryl methyl sites for hydroxylation is 1. The third-order valence-corrected chi connectivity index (χ3v) is 4.32. The second kappa shape index (κ2) is 8.38. The van der Waals surface area contributed by atoms with E-state index in [9.17, 15) is 4.79 Å². The number of hydrogen-bond acceptors (Lipinski definition) is 5. The number of benzene rings is 2. The van der Waals surface area contributed by atoms with Crippen LogP contribution in [0.1, 0.15) is 17.5 Å². The van der Waals surface area contributed by atoms with E-state index in [1.54, 1.807) is 26.5 Å². The molecule has 0 radical (unpaired) electrons. The van der Waals surface area contributed by atoms with Crippen molar-refractivity contribution in [2.75, 3.05) is 32.2 Å². The minimum atomic E-state index is -0.146. The Hall–Kier alpha value is -3.02. The van der Waals surface area contributed by atoms with Crippen LogP contribution < -0.4 is 19.8 Å². The largest absolute Gasteiger partial charge is 0.497 e. The van der Waals surface area contributed by atoms with Crippen LogP contribution in [0.4, 0.5) is 5.69 Å². The Kier molecular flexibility index (Phi) is 5.73. The highest BCUT2D eigenvalue weighted by Gasteiger charge is 2.18. The van der Waals surface area contributed by atoms with E-state index in [0.29, 0.717) is 11.5 Å². The van der Waals surface area contributed by atoms with E-state index in [4.69, 9.17) is 9.47 Å². The van der Waals surface area contributed by atoms with Crippen molar-refractivity contribution >= 4 is 17.8 Å². The molecule has 2 aromatic rings. The SMILES string of the molecule is COc1cc(/C=N\NC(=O)CN2CCCc3ccccc32)cc(OC)c1. The van der Waals surface area contributed by atoms with Crippen LogP contribution in [0, 0.1) is 0 Å². The molecule has 0 saturated heterocycles. The van der Waals surface area contributed by atoms with E-state index in [-0.39, 0.29) is 12.5 Å². The third-order valence-electron chi connectivity index (χ3n) is 4.32. The number of anilines is 1. The van der Waals surface area contributed by atoms with Crippen LogP contribution >= 0.6 is 0 Å². The summed E-state index contributed by atoms with van der Waals surface area (Å²) in [6.45, 7) is 1.16. The lowest BCUT2D eigenvalue weighted by Crippen LogP contribution is -2.38. The molecule has 0 aromatic heterocycles. The maximum atomic E-state index is 12.2. The number of amides is 1. The van der Waals surface area contributed by atoms with E-state index in [2.05, 4.69) is 27.6 Å². The summed E-state index contributed by atoms with van der Waals surface area (Å²) in [7, 11) is 3.18. The predicted molar refractivity (Wildman–Crippen MR) is 102 cm³/mol. The predicted octanol–water partition coefficient (Wildman–Crippen LogP) is 2.61. The molecule has 1 N–H and O–H groups in total. The molecule has 136 valence electrons. The number of nitrogens with zero attached hydrogens (tertiary/aromatic N) is 2. The fourth-order valence-electron chi connectivity index (χ4n) is 3.07. The van der Waals surface area contributed by atoms with Gasteiger partial charge < -0.3 is 14.4 Å². The molecular weight excluding hydrogens is 330 g/mol. The van der Waals surface area contributed by atoms with Crippen LogP contribution in [0.3, 0.4) is 0 Å². The second-order valence-corrected chi connectivity index (χ2v) is 6.09. The number of carbonyl (C=O) groups is 1. The van der Waals surface area contributed by atoms with Gasteiger partial charge in [0.1, 0.15) is 11.5 Å². The highest BCUT2D eigenvalue weighted by Crippen LogP contribution is 2.26. The quantitative estimate of drug-likeness (QED) is 0.640. The minimum Gasteiger partial charge on any atom is -0.497 e. The van der Waals surface area contributed by atoms with E-state index < -0.39 is 0 Å². The molecule has 0 unspecified atom stereocenters. The van der Waals surface area contributed by atoms with Crippen molar-refractivity contribution in [2.45, 2.75) is 12.8 Å². The number of hydrazone groups is 1. The lowest BCUT2D eigenvalue weighted by molar-refractivity contribution is -0.119. The summed E-state index contributed by atoms with van der Waals surface area (Å²) in [4.78, 5) is 14.3. The van der Waals surface area contributed by atoms with Gasteiger partial charge in [0, 0.05) is 23.9 Å². The van der Waals surface area contributed by atoms with Gasteiger partial charge in [0.2, 0.25) is 0 Å². The van der Waals surface area contributed by atoms with Crippen LogP contribution in [0.2, 0.25) is 0 Å². The van der Waals surface area contributed by atoms with Gasteiger partial charge in [-0.1, -0.05) is 18.2 Å². The zero-order valence-corrected chi connectivity index (χ0v) is 15.1. The zero-order chi connectivity index (χ0) is 18.4. The van der Waals surface area contributed by atoms with E-state index in [0.717, 1.165) is 30.6 Å². The standard InChI is InChI=1S/C20H23N3O3/c1-25-17-10-15(11-18(12-17)26-2)13-21-22-20(24)14-23-9-5-7-16-6-3-4-8-19(16)23/h3-4,6,8,10-13H,5,7,9,14H2,1-2H3,(H,22,24)/b21-13-. The van der Waals surface area contributed by atoms with Gasteiger partial charge in [0.05, 0.1) is 27.0 Å². The molecule has 0 spiro atoms. The van der Waals surface area contributed by atoms with Crippen molar-refractivity contribution in [2.24, 2.45) is 5.10 Å². The number of fused-ring (bicyclic) bond motifs is 1. The molecule has 0 saturated carbocycles. The van der Waals surface area contributed by atoms with Gasteiger partial charge >= 0.3 is 0 Å². The first-order valence-corrected chi connectivity index (χ1v) is 8.57. The molecule has 26 heavy (non-hydrogen) atoms. The number of rotatable bonds is 6. The molecule has 2 aromatic carbocycles. The van der Waals surface area contributed by atoms with Gasteiger partial charge in [-0.3, -0.25) is 4.79 Å². The molecule has 6 nitrogen and oxygen atoms in total. The molecule has 1 amide bonds. The Bertz CT molecular complexity index is 782. The van der Waals surface area contributed by atoms with Gasteiger partial charge in [-0.2, -0.15) is 5.10 Å². The monoisotopic (exact) mass is 353 g/mol. The second-order valence-electron chi connectivity index (χ2n) is 6.09. The number of hydrogen-bond donors (Lipinski definition) is 1. The van der Waals surface area contributed by atoms with Crippen molar-refractivity contribution in [1.29, 1.82) is 0 Å². The molecule has 0 fully saturated rings. The summed E-state index contributed by atoms with van der Waals surface area (Å²) in [6, 6.07) is 13.6. The summed E-state index contributed by atoms with van der Waals surface area (Å²) >= 11 is 0. The van der Waals surface area contributed by atoms with Gasteiger partial charge in [-0.15, -0.1) is 0 Å². The summed E-state index contributed by atoms with van der Waals surface area (Å²) in [5.41, 5.74) is 5.80. The van der Waals surface area contributed by atoms with Gasteiger partial charge in [0.15, 0.2) is 0 Å². The lowest BCUT2D eigenvalue weighted by Gasteiger charge is -2.30. The highest BCUT2D eigenvalue weighted by atomic mass is 16.5. The average Bonchev–Trinajstić information content (AvgIpc) is 2.68. The molecule has 0 atom stereocenters. The number of carbonyl (C=O) groups excluding carboxylic acids is 1.